The number of rotatable bonds is 6. The van der Waals surface area contributed by atoms with Crippen LogP contribution in [0.4, 0.5) is 0 Å². The number of para-hydroxylation sites is 2. The van der Waals surface area contributed by atoms with E-state index in [0.717, 1.165) is 22.3 Å². The first kappa shape index (κ1) is 20.2. The standard InChI is InChI=1S/C24H18Cl2N2O2/c1-29-17-12-9-16(10-13-17)11-14-23-24(28-22-8-3-2-7-21(22)27-23)30-15-18-19(25)5-4-6-20(18)26/h2-14H,15H2,1H3/b14-11-. The fourth-order valence-electron chi connectivity index (χ4n) is 2.91. The molecule has 0 fully saturated rings. The van der Waals surface area contributed by atoms with Crippen molar-refractivity contribution in [3.63, 3.8) is 0 Å². The Balaban J connectivity index is 1.67. The highest BCUT2D eigenvalue weighted by atomic mass is 35.5. The average Bonchev–Trinajstić information content (AvgIpc) is 2.77. The summed E-state index contributed by atoms with van der Waals surface area (Å²) < 4.78 is 11.2. The number of halogens is 2. The summed E-state index contributed by atoms with van der Waals surface area (Å²) in [6.07, 6.45) is 3.83. The molecule has 150 valence electrons. The van der Waals surface area contributed by atoms with Crippen LogP contribution in [-0.4, -0.2) is 17.1 Å². The van der Waals surface area contributed by atoms with Crippen molar-refractivity contribution in [1.29, 1.82) is 0 Å². The fourth-order valence-corrected chi connectivity index (χ4v) is 3.42. The number of hydrogen-bond donors (Lipinski definition) is 0. The smallest absolute Gasteiger partial charge is 0.240 e. The second-order valence-corrected chi connectivity index (χ2v) is 7.31. The second-order valence-electron chi connectivity index (χ2n) is 6.50. The molecule has 4 aromatic rings. The maximum atomic E-state index is 6.27. The molecule has 4 rings (SSSR count). The van der Waals surface area contributed by atoms with E-state index in [2.05, 4.69) is 4.98 Å². The van der Waals surface area contributed by atoms with Crippen molar-refractivity contribution < 1.29 is 9.47 Å². The van der Waals surface area contributed by atoms with Gasteiger partial charge in [0.15, 0.2) is 0 Å². The molecular formula is C24H18Cl2N2O2. The van der Waals surface area contributed by atoms with Crippen LogP contribution in [0, 0.1) is 0 Å². The highest BCUT2D eigenvalue weighted by molar-refractivity contribution is 6.35. The van der Waals surface area contributed by atoms with Crippen LogP contribution >= 0.6 is 23.2 Å². The van der Waals surface area contributed by atoms with Crippen molar-refractivity contribution in [3.8, 4) is 11.6 Å². The molecule has 0 aliphatic carbocycles. The van der Waals surface area contributed by atoms with Gasteiger partial charge < -0.3 is 9.47 Å². The molecule has 0 radical (unpaired) electrons. The zero-order valence-corrected chi connectivity index (χ0v) is 17.7. The topological polar surface area (TPSA) is 44.2 Å². The minimum atomic E-state index is 0.189. The van der Waals surface area contributed by atoms with Gasteiger partial charge in [-0.1, -0.05) is 59.6 Å². The van der Waals surface area contributed by atoms with Gasteiger partial charge >= 0.3 is 0 Å². The Kier molecular flexibility index (Phi) is 6.17. The van der Waals surface area contributed by atoms with Gasteiger partial charge in [-0.2, -0.15) is 0 Å². The molecule has 0 amide bonds. The molecule has 0 saturated carbocycles. The van der Waals surface area contributed by atoms with Crippen LogP contribution in [0.1, 0.15) is 16.8 Å². The van der Waals surface area contributed by atoms with Crippen molar-refractivity contribution in [2.75, 3.05) is 7.11 Å². The molecule has 4 nitrogen and oxygen atoms in total. The molecule has 0 saturated heterocycles. The first-order chi connectivity index (χ1) is 14.6. The van der Waals surface area contributed by atoms with Gasteiger partial charge in [-0.3, -0.25) is 0 Å². The second kappa shape index (κ2) is 9.16. The van der Waals surface area contributed by atoms with E-state index in [1.54, 1.807) is 25.3 Å². The number of ether oxygens (including phenoxy) is 2. The Morgan fingerprint density at radius 3 is 2.13 bits per heavy atom. The van der Waals surface area contributed by atoms with Crippen molar-refractivity contribution in [2.45, 2.75) is 6.61 Å². The fraction of sp³-hybridized carbons (Fsp3) is 0.0833. The van der Waals surface area contributed by atoms with Crippen molar-refractivity contribution in [1.82, 2.24) is 9.97 Å². The number of aromatic nitrogens is 2. The molecule has 0 N–H and O–H groups in total. The van der Waals surface area contributed by atoms with Gasteiger partial charge in [-0.05, 0) is 48.0 Å². The largest absolute Gasteiger partial charge is 0.497 e. The first-order valence-electron chi connectivity index (χ1n) is 9.28. The minimum absolute atomic E-state index is 0.189. The van der Waals surface area contributed by atoms with Crippen molar-refractivity contribution >= 4 is 46.4 Å². The third kappa shape index (κ3) is 4.56. The van der Waals surface area contributed by atoms with E-state index in [4.69, 9.17) is 37.7 Å². The van der Waals surface area contributed by atoms with Gasteiger partial charge in [-0.15, -0.1) is 0 Å². The number of nitrogens with zero attached hydrogens (tertiary/aromatic N) is 2. The first-order valence-corrected chi connectivity index (χ1v) is 10.0. The summed E-state index contributed by atoms with van der Waals surface area (Å²) in [5, 5.41) is 1.10. The minimum Gasteiger partial charge on any atom is -0.497 e. The highest BCUT2D eigenvalue weighted by Crippen LogP contribution is 2.27. The summed E-state index contributed by atoms with van der Waals surface area (Å²) in [4.78, 5) is 9.36. The van der Waals surface area contributed by atoms with E-state index in [1.807, 2.05) is 60.7 Å². The van der Waals surface area contributed by atoms with E-state index in [-0.39, 0.29) is 6.61 Å². The average molecular weight is 437 g/mol. The number of benzene rings is 3. The number of fused-ring (bicyclic) bond motifs is 1. The number of hydrogen-bond acceptors (Lipinski definition) is 4. The van der Waals surface area contributed by atoms with Gasteiger partial charge in [0.05, 0.1) is 18.1 Å². The Morgan fingerprint density at radius 1 is 0.800 bits per heavy atom. The summed E-state index contributed by atoms with van der Waals surface area (Å²) in [5.74, 6) is 1.22. The SMILES string of the molecule is COc1ccc(/C=C\c2nc3ccccc3nc2OCc2c(Cl)cccc2Cl)cc1. The van der Waals surface area contributed by atoms with Crippen molar-refractivity contribution in [3.05, 3.63) is 93.6 Å². The van der Waals surface area contributed by atoms with Crippen LogP contribution in [0.2, 0.25) is 10.0 Å². The summed E-state index contributed by atoms with van der Waals surface area (Å²) in [6.45, 7) is 0.189. The van der Waals surface area contributed by atoms with Crippen LogP contribution < -0.4 is 9.47 Å². The molecule has 1 aromatic heterocycles. The van der Waals surface area contributed by atoms with Crippen molar-refractivity contribution in [2.24, 2.45) is 0 Å². The zero-order chi connectivity index (χ0) is 20.9. The molecule has 0 spiro atoms. The molecule has 0 bridgehead atoms. The maximum absolute atomic E-state index is 6.27. The summed E-state index contributed by atoms with van der Waals surface area (Å²) in [7, 11) is 1.64. The van der Waals surface area contributed by atoms with Crippen LogP contribution in [-0.2, 0) is 6.61 Å². The zero-order valence-electron chi connectivity index (χ0n) is 16.2. The van der Waals surface area contributed by atoms with Crippen LogP contribution in [0.15, 0.2) is 66.7 Å². The van der Waals surface area contributed by atoms with Crippen LogP contribution in [0.5, 0.6) is 11.6 Å². The lowest BCUT2D eigenvalue weighted by Crippen LogP contribution is -2.02. The number of methoxy groups -OCH3 is 1. The summed E-state index contributed by atoms with van der Waals surface area (Å²) in [5.41, 5.74) is 3.87. The lowest BCUT2D eigenvalue weighted by atomic mass is 10.2. The van der Waals surface area contributed by atoms with Gasteiger partial charge in [0.2, 0.25) is 5.88 Å². The molecule has 0 aliphatic heterocycles. The third-order valence-electron chi connectivity index (χ3n) is 4.53. The molecular weight excluding hydrogens is 419 g/mol. The van der Waals surface area contributed by atoms with Crippen LogP contribution in [0.25, 0.3) is 23.2 Å². The van der Waals surface area contributed by atoms with Gasteiger partial charge in [0.25, 0.3) is 0 Å². The normalized spacial score (nSPS) is 11.2. The summed E-state index contributed by atoms with van der Waals surface area (Å²) in [6, 6.07) is 20.8. The Morgan fingerprint density at radius 2 is 1.47 bits per heavy atom. The van der Waals surface area contributed by atoms with E-state index >= 15 is 0 Å². The van der Waals surface area contributed by atoms with E-state index < -0.39 is 0 Å². The van der Waals surface area contributed by atoms with Gasteiger partial charge in [0, 0.05) is 15.6 Å². The molecule has 3 aromatic carbocycles. The summed E-state index contributed by atoms with van der Waals surface area (Å²) >= 11 is 12.5. The van der Waals surface area contributed by atoms with Crippen LogP contribution in [0.3, 0.4) is 0 Å². The molecule has 30 heavy (non-hydrogen) atoms. The lowest BCUT2D eigenvalue weighted by Gasteiger charge is -2.11. The molecule has 1 heterocycles. The lowest BCUT2D eigenvalue weighted by molar-refractivity contribution is 0.293. The monoisotopic (exact) mass is 436 g/mol. The Hall–Kier alpha value is -3.08. The predicted molar refractivity (Wildman–Crippen MR) is 122 cm³/mol. The van der Waals surface area contributed by atoms with E-state index in [1.165, 1.54) is 0 Å². The predicted octanol–water partition coefficient (Wildman–Crippen LogP) is 6.69. The third-order valence-corrected chi connectivity index (χ3v) is 5.24. The quantitative estimate of drug-likeness (QED) is 0.337. The molecule has 6 heteroatoms. The maximum Gasteiger partial charge on any atom is 0.240 e. The van der Waals surface area contributed by atoms with Gasteiger partial charge in [-0.25, -0.2) is 9.97 Å². The molecule has 0 atom stereocenters. The van der Waals surface area contributed by atoms with E-state index in [9.17, 15) is 0 Å². The Labute approximate surface area is 184 Å². The van der Waals surface area contributed by atoms with E-state index in [0.29, 0.717) is 27.2 Å². The molecule has 0 unspecified atom stereocenters. The highest BCUT2D eigenvalue weighted by Gasteiger charge is 2.11. The Bertz CT molecular complexity index is 1190. The molecule has 0 aliphatic rings. The van der Waals surface area contributed by atoms with Gasteiger partial charge in [0.1, 0.15) is 18.1 Å².